The molecule has 0 spiro atoms. The van der Waals surface area contributed by atoms with Gasteiger partial charge < -0.3 is 4.98 Å². The second kappa shape index (κ2) is 2.65. The number of H-pyrrole nitrogens is 1. The van der Waals surface area contributed by atoms with E-state index < -0.39 is 11.6 Å². The predicted octanol–water partition coefficient (Wildman–Crippen LogP) is 2.26. The molecule has 1 aromatic carbocycles. The summed E-state index contributed by atoms with van der Waals surface area (Å²) in [6, 6.07) is 3.32. The van der Waals surface area contributed by atoms with Gasteiger partial charge in [-0.25, -0.2) is 8.78 Å². The Balaban J connectivity index is 2.87. The van der Waals surface area contributed by atoms with E-state index in [-0.39, 0.29) is 16.6 Å². The number of nitrogens with one attached hydrogen (secondary N) is 1. The van der Waals surface area contributed by atoms with Crippen LogP contribution < -0.4 is 0 Å². The van der Waals surface area contributed by atoms with E-state index in [1.54, 1.807) is 0 Å². The molecule has 0 saturated heterocycles. The third-order valence-corrected chi connectivity index (χ3v) is 1.84. The van der Waals surface area contributed by atoms with E-state index in [4.69, 9.17) is 0 Å². The first-order chi connectivity index (χ1) is 6.22. The highest BCUT2D eigenvalue weighted by Gasteiger charge is 2.08. The molecule has 0 radical (unpaired) electrons. The summed E-state index contributed by atoms with van der Waals surface area (Å²) >= 11 is 0. The number of carbonyl (C=O) groups excluding carboxylic acids is 1. The molecule has 0 amide bonds. The van der Waals surface area contributed by atoms with E-state index >= 15 is 0 Å². The van der Waals surface area contributed by atoms with Gasteiger partial charge in [-0.2, -0.15) is 0 Å². The van der Waals surface area contributed by atoms with Gasteiger partial charge in [-0.15, -0.1) is 0 Å². The van der Waals surface area contributed by atoms with Gasteiger partial charge in [-0.3, -0.25) is 4.79 Å². The number of aromatic nitrogens is 1. The molecule has 0 atom stereocenters. The van der Waals surface area contributed by atoms with Crippen LogP contribution in [-0.2, 0) is 0 Å². The molecule has 66 valence electrons. The maximum Gasteiger partial charge on any atom is 0.166 e. The molecule has 2 rings (SSSR count). The van der Waals surface area contributed by atoms with Crippen LogP contribution >= 0.6 is 0 Å². The Morgan fingerprint density at radius 2 is 1.92 bits per heavy atom. The maximum absolute atomic E-state index is 13.0. The van der Waals surface area contributed by atoms with Gasteiger partial charge in [0, 0.05) is 5.39 Å². The summed E-state index contributed by atoms with van der Waals surface area (Å²) in [6.45, 7) is 0. The Hall–Kier alpha value is -1.71. The van der Waals surface area contributed by atoms with Crippen molar-refractivity contribution in [1.29, 1.82) is 0 Å². The lowest BCUT2D eigenvalue weighted by atomic mass is 10.2. The topological polar surface area (TPSA) is 32.9 Å². The van der Waals surface area contributed by atoms with E-state index in [1.807, 2.05) is 0 Å². The van der Waals surface area contributed by atoms with Crippen LogP contribution in [0.2, 0.25) is 0 Å². The summed E-state index contributed by atoms with van der Waals surface area (Å²) in [4.78, 5) is 12.8. The van der Waals surface area contributed by atoms with E-state index in [1.165, 1.54) is 6.07 Å². The Bertz CT molecular complexity index is 437. The van der Waals surface area contributed by atoms with Crippen LogP contribution in [0.1, 0.15) is 10.5 Å². The van der Waals surface area contributed by atoms with Crippen LogP contribution in [0, 0.1) is 11.6 Å². The van der Waals surface area contributed by atoms with Crippen LogP contribution in [0.15, 0.2) is 18.2 Å². The number of benzene rings is 1. The van der Waals surface area contributed by atoms with Crippen LogP contribution in [0.4, 0.5) is 8.78 Å². The molecule has 0 saturated carbocycles. The van der Waals surface area contributed by atoms with Crippen molar-refractivity contribution < 1.29 is 13.6 Å². The lowest BCUT2D eigenvalue weighted by Crippen LogP contribution is -1.81. The van der Waals surface area contributed by atoms with Crippen molar-refractivity contribution in [3.63, 3.8) is 0 Å². The van der Waals surface area contributed by atoms with Gasteiger partial charge in [0.1, 0.15) is 11.6 Å². The Labute approximate surface area is 72.2 Å². The molecule has 1 heterocycles. The van der Waals surface area contributed by atoms with E-state index in [0.29, 0.717) is 6.29 Å². The zero-order valence-electron chi connectivity index (χ0n) is 6.47. The highest BCUT2D eigenvalue weighted by atomic mass is 19.1. The summed E-state index contributed by atoms with van der Waals surface area (Å²) in [5.74, 6) is -1.11. The lowest BCUT2D eigenvalue weighted by molar-refractivity contribution is 0.112. The molecule has 1 aromatic heterocycles. The molecule has 1 N–H and O–H groups in total. The third-order valence-electron chi connectivity index (χ3n) is 1.84. The predicted molar refractivity (Wildman–Crippen MR) is 43.6 cm³/mol. The van der Waals surface area contributed by atoms with Gasteiger partial charge >= 0.3 is 0 Å². The first kappa shape index (κ1) is 7.91. The monoisotopic (exact) mass is 181 g/mol. The van der Waals surface area contributed by atoms with E-state index in [0.717, 1.165) is 12.1 Å². The summed E-state index contributed by atoms with van der Waals surface area (Å²) in [7, 11) is 0. The van der Waals surface area contributed by atoms with Gasteiger partial charge in [0.2, 0.25) is 0 Å². The number of fused-ring (bicyclic) bond motifs is 1. The fourth-order valence-electron chi connectivity index (χ4n) is 1.24. The van der Waals surface area contributed by atoms with Crippen molar-refractivity contribution in [1.82, 2.24) is 4.98 Å². The smallest absolute Gasteiger partial charge is 0.166 e. The first-order valence-electron chi connectivity index (χ1n) is 3.64. The second-order valence-corrected chi connectivity index (χ2v) is 2.66. The molecule has 0 bridgehead atoms. The minimum atomic E-state index is -0.565. The summed E-state index contributed by atoms with van der Waals surface area (Å²) in [5.41, 5.74) is 0.195. The number of hydrogen-bond acceptors (Lipinski definition) is 1. The molecule has 13 heavy (non-hydrogen) atoms. The van der Waals surface area contributed by atoms with Gasteiger partial charge in [-0.05, 0) is 18.2 Å². The quantitative estimate of drug-likeness (QED) is 0.672. The standard InChI is InChI=1S/C9H5F2NO/c10-7-1-2-8(11)9-6(7)3-5(4-13)12-9/h1-4,12H. The highest BCUT2D eigenvalue weighted by Crippen LogP contribution is 2.20. The number of halogens is 2. The number of aromatic amines is 1. The van der Waals surface area contributed by atoms with Crippen molar-refractivity contribution in [2.75, 3.05) is 0 Å². The minimum absolute atomic E-state index is 0.0297. The molecule has 2 aromatic rings. The Morgan fingerprint density at radius 1 is 1.23 bits per heavy atom. The first-order valence-corrected chi connectivity index (χ1v) is 3.64. The van der Waals surface area contributed by atoms with Crippen molar-refractivity contribution in [2.45, 2.75) is 0 Å². The third kappa shape index (κ3) is 1.11. The Morgan fingerprint density at radius 3 is 2.54 bits per heavy atom. The van der Waals surface area contributed by atoms with E-state index in [9.17, 15) is 13.6 Å². The van der Waals surface area contributed by atoms with Gasteiger partial charge in [0.25, 0.3) is 0 Å². The molecule has 0 unspecified atom stereocenters. The molecule has 0 fully saturated rings. The summed E-state index contributed by atoms with van der Waals surface area (Å²) in [5, 5.41) is 0.0992. The molecule has 2 nitrogen and oxygen atoms in total. The van der Waals surface area contributed by atoms with Crippen molar-refractivity contribution in [3.8, 4) is 0 Å². The molecular formula is C9H5F2NO. The maximum atomic E-state index is 13.0. The molecule has 4 heteroatoms. The van der Waals surface area contributed by atoms with Crippen molar-refractivity contribution in [2.24, 2.45) is 0 Å². The number of rotatable bonds is 1. The lowest BCUT2D eigenvalue weighted by Gasteiger charge is -1.92. The normalized spacial score (nSPS) is 10.6. The van der Waals surface area contributed by atoms with Gasteiger partial charge in [-0.1, -0.05) is 0 Å². The number of carbonyl (C=O) groups is 1. The minimum Gasteiger partial charge on any atom is -0.350 e. The largest absolute Gasteiger partial charge is 0.350 e. The molecule has 0 aliphatic carbocycles. The summed E-state index contributed by atoms with van der Waals surface area (Å²) in [6.07, 6.45) is 0.513. The van der Waals surface area contributed by atoms with Crippen LogP contribution in [0.3, 0.4) is 0 Å². The average Bonchev–Trinajstić information content (AvgIpc) is 2.56. The van der Waals surface area contributed by atoms with Crippen LogP contribution in [0.25, 0.3) is 10.9 Å². The summed E-state index contributed by atoms with van der Waals surface area (Å²) < 4.78 is 26.0. The van der Waals surface area contributed by atoms with Gasteiger partial charge in [0.05, 0.1) is 11.2 Å². The van der Waals surface area contributed by atoms with Crippen LogP contribution in [0.5, 0.6) is 0 Å². The van der Waals surface area contributed by atoms with Crippen molar-refractivity contribution >= 4 is 17.2 Å². The zero-order chi connectivity index (χ0) is 9.42. The number of aldehydes is 1. The second-order valence-electron chi connectivity index (χ2n) is 2.66. The SMILES string of the molecule is O=Cc1cc2c(F)ccc(F)c2[nH]1. The molecular weight excluding hydrogens is 176 g/mol. The van der Waals surface area contributed by atoms with Gasteiger partial charge in [0.15, 0.2) is 6.29 Å². The van der Waals surface area contributed by atoms with Crippen LogP contribution in [-0.4, -0.2) is 11.3 Å². The number of hydrogen-bond donors (Lipinski definition) is 1. The van der Waals surface area contributed by atoms with E-state index in [2.05, 4.69) is 4.98 Å². The fraction of sp³-hybridized carbons (Fsp3) is 0. The highest BCUT2D eigenvalue weighted by molar-refractivity contribution is 5.88. The molecule has 0 aliphatic rings. The fourth-order valence-corrected chi connectivity index (χ4v) is 1.24. The Kier molecular flexibility index (Phi) is 1.62. The molecule has 0 aliphatic heterocycles. The zero-order valence-corrected chi connectivity index (χ0v) is 6.47. The average molecular weight is 181 g/mol. The van der Waals surface area contributed by atoms with Crippen molar-refractivity contribution in [3.05, 3.63) is 35.5 Å².